The highest BCUT2D eigenvalue weighted by molar-refractivity contribution is 5.78. The molecule has 5 heteroatoms. The van der Waals surface area contributed by atoms with E-state index < -0.39 is 0 Å². The minimum atomic E-state index is -0.255. The maximum Gasteiger partial charge on any atom is 0.222 e. The molecule has 0 aromatic heterocycles. The van der Waals surface area contributed by atoms with Gasteiger partial charge in [-0.2, -0.15) is 0 Å². The van der Waals surface area contributed by atoms with Gasteiger partial charge in [-0.3, -0.25) is 4.79 Å². The summed E-state index contributed by atoms with van der Waals surface area (Å²) in [7, 11) is 1.82. The summed E-state index contributed by atoms with van der Waals surface area (Å²) in [5, 5.41) is 3.02. The normalized spacial score (nSPS) is 19.2. The van der Waals surface area contributed by atoms with Gasteiger partial charge in [0.05, 0.1) is 5.92 Å². The minimum Gasteiger partial charge on any atom is -0.370 e. The zero-order chi connectivity index (χ0) is 13.1. The number of carbonyl (C=O) groups is 1. The molecule has 1 aliphatic rings. The molecule has 1 unspecified atom stereocenters. The van der Waals surface area contributed by atoms with Gasteiger partial charge in [0.2, 0.25) is 5.91 Å². The Labute approximate surface area is 106 Å². The topological polar surface area (TPSA) is 58.4 Å². The molecule has 1 amide bonds. The van der Waals surface area contributed by atoms with Gasteiger partial charge in [-0.05, 0) is 37.2 Å². The number of anilines is 1. The fourth-order valence-electron chi connectivity index (χ4n) is 2.41. The van der Waals surface area contributed by atoms with Gasteiger partial charge in [0.15, 0.2) is 0 Å². The second-order valence-corrected chi connectivity index (χ2v) is 4.64. The van der Waals surface area contributed by atoms with Gasteiger partial charge in [-0.1, -0.05) is 0 Å². The number of carbonyl (C=O) groups excluding carboxylic acids is 1. The second kappa shape index (κ2) is 5.35. The van der Waals surface area contributed by atoms with Gasteiger partial charge in [0.25, 0.3) is 0 Å². The third kappa shape index (κ3) is 2.61. The zero-order valence-electron chi connectivity index (χ0n) is 10.4. The summed E-state index contributed by atoms with van der Waals surface area (Å²) in [4.78, 5) is 13.3. The number of rotatable bonds is 4. The van der Waals surface area contributed by atoms with E-state index in [9.17, 15) is 9.18 Å². The van der Waals surface area contributed by atoms with Crippen molar-refractivity contribution in [2.75, 3.05) is 25.0 Å². The molecule has 1 aromatic rings. The van der Waals surface area contributed by atoms with Gasteiger partial charge in [0.1, 0.15) is 5.82 Å². The van der Waals surface area contributed by atoms with E-state index in [-0.39, 0.29) is 17.6 Å². The van der Waals surface area contributed by atoms with Gasteiger partial charge >= 0.3 is 0 Å². The lowest BCUT2D eigenvalue weighted by Gasteiger charge is -2.22. The molecule has 2 rings (SSSR count). The Morgan fingerprint density at radius 1 is 1.61 bits per heavy atom. The molecule has 18 heavy (non-hydrogen) atoms. The van der Waals surface area contributed by atoms with Crippen LogP contribution in [0.3, 0.4) is 0 Å². The van der Waals surface area contributed by atoms with E-state index in [2.05, 4.69) is 10.2 Å². The number of primary amides is 1. The number of benzene rings is 1. The average Bonchev–Trinajstić information content (AvgIpc) is 2.79. The van der Waals surface area contributed by atoms with E-state index in [0.717, 1.165) is 24.2 Å². The standard InChI is InChI=1S/C13H18FN3O/c1-16-7-10-6-11(14)2-3-12(10)17-5-4-9(8-17)13(15)18/h2-3,6,9,16H,4-5,7-8H2,1H3,(H2,15,18). The van der Waals surface area contributed by atoms with Crippen molar-refractivity contribution < 1.29 is 9.18 Å². The van der Waals surface area contributed by atoms with Crippen LogP contribution in [0.2, 0.25) is 0 Å². The fourth-order valence-corrected chi connectivity index (χ4v) is 2.41. The molecule has 0 spiro atoms. The van der Waals surface area contributed by atoms with Crippen molar-refractivity contribution in [3.8, 4) is 0 Å². The summed E-state index contributed by atoms with van der Waals surface area (Å²) in [6, 6.07) is 4.75. The van der Waals surface area contributed by atoms with E-state index in [1.54, 1.807) is 6.07 Å². The number of hydrogen-bond donors (Lipinski definition) is 2. The lowest BCUT2D eigenvalue weighted by molar-refractivity contribution is -0.121. The molecule has 1 heterocycles. The molecule has 1 atom stereocenters. The summed E-state index contributed by atoms with van der Waals surface area (Å²) in [5.74, 6) is -0.595. The van der Waals surface area contributed by atoms with Crippen LogP contribution in [0.25, 0.3) is 0 Å². The number of hydrogen-bond acceptors (Lipinski definition) is 3. The van der Waals surface area contributed by atoms with E-state index in [1.165, 1.54) is 12.1 Å². The largest absolute Gasteiger partial charge is 0.370 e. The SMILES string of the molecule is CNCc1cc(F)ccc1N1CCC(C(N)=O)C1. The molecule has 4 nitrogen and oxygen atoms in total. The molecule has 3 N–H and O–H groups in total. The summed E-state index contributed by atoms with van der Waals surface area (Å²) in [5.41, 5.74) is 7.21. The lowest BCUT2D eigenvalue weighted by atomic mass is 10.1. The minimum absolute atomic E-state index is 0.0995. The number of nitrogens with zero attached hydrogens (tertiary/aromatic N) is 1. The Morgan fingerprint density at radius 3 is 3.00 bits per heavy atom. The van der Waals surface area contributed by atoms with Crippen LogP contribution in [-0.4, -0.2) is 26.0 Å². The van der Waals surface area contributed by atoms with Crippen LogP contribution in [0.15, 0.2) is 18.2 Å². The van der Waals surface area contributed by atoms with Crippen molar-refractivity contribution >= 4 is 11.6 Å². The summed E-state index contributed by atoms with van der Waals surface area (Å²) in [6.07, 6.45) is 0.770. The first kappa shape index (κ1) is 12.8. The van der Waals surface area contributed by atoms with E-state index in [4.69, 9.17) is 5.73 Å². The molecule has 0 aliphatic carbocycles. The maximum absolute atomic E-state index is 13.2. The van der Waals surface area contributed by atoms with Crippen molar-refractivity contribution in [2.45, 2.75) is 13.0 Å². The Bertz CT molecular complexity index is 450. The molecular weight excluding hydrogens is 233 g/mol. The highest BCUT2D eigenvalue weighted by Crippen LogP contribution is 2.27. The molecule has 1 saturated heterocycles. The third-order valence-corrected chi connectivity index (χ3v) is 3.34. The predicted molar refractivity (Wildman–Crippen MR) is 68.7 cm³/mol. The first-order chi connectivity index (χ1) is 8.61. The van der Waals surface area contributed by atoms with Gasteiger partial charge in [0, 0.05) is 25.3 Å². The van der Waals surface area contributed by atoms with Crippen LogP contribution in [0, 0.1) is 11.7 Å². The molecule has 1 aromatic carbocycles. The Kier molecular flexibility index (Phi) is 3.81. The van der Waals surface area contributed by atoms with Crippen LogP contribution >= 0.6 is 0 Å². The highest BCUT2D eigenvalue weighted by atomic mass is 19.1. The molecule has 0 bridgehead atoms. The Morgan fingerprint density at radius 2 is 2.39 bits per heavy atom. The van der Waals surface area contributed by atoms with Gasteiger partial charge in [-0.15, -0.1) is 0 Å². The first-order valence-corrected chi connectivity index (χ1v) is 6.09. The number of nitrogens with one attached hydrogen (secondary N) is 1. The van der Waals surface area contributed by atoms with Crippen LogP contribution in [0.5, 0.6) is 0 Å². The lowest BCUT2D eigenvalue weighted by Crippen LogP contribution is -2.28. The molecule has 0 saturated carbocycles. The molecule has 98 valence electrons. The smallest absolute Gasteiger partial charge is 0.222 e. The third-order valence-electron chi connectivity index (χ3n) is 3.34. The van der Waals surface area contributed by atoms with Crippen molar-refractivity contribution in [1.82, 2.24) is 5.32 Å². The van der Waals surface area contributed by atoms with Crippen LogP contribution < -0.4 is 16.0 Å². The Hall–Kier alpha value is -1.62. The predicted octanol–water partition coefficient (Wildman–Crippen LogP) is 0.857. The quantitative estimate of drug-likeness (QED) is 0.834. The van der Waals surface area contributed by atoms with Crippen molar-refractivity contribution in [1.29, 1.82) is 0 Å². The number of amides is 1. The number of halogens is 1. The van der Waals surface area contributed by atoms with Crippen LogP contribution in [0.4, 0.5) is 10.1 Å². The second-order valence-electron chi connectivity index (χ2n) is 4.64. The van der Waals surface area contributed by atoms with Crippen LogP contribution in [-0.2, 0) is 11.3 Å². The van der Waals surface area contributed by atoms with Crippen LogP contribution in [0.1, 0.15) is 12.0 Å². The maximum atomic E-state index is 13.2. The van der Waals surface area contributed by atoms with E-state index in [0.29, 0.717) is 13.1 Å². The summed E-state index contributed by atoms with van der Waals surface area (Å²) >= 11 is 0. The van der Waals surface area contributed by atoms with Gasteiger partial charge in [-0.25, -0.2) is 4.39 Å². The molecule has 1 fully saturated rings. The molecule has 0 radical (unpaired) electrons. The first-order valence-electron chi connectivity index (χ1n) is 6.09. The number of nitrogens with two attached hydrogens (primary N) is 1. The van der Waals surface area contributed by atoms with Crippen molar-refractivity contribution in [2.24, 2.45) is 11.7 Å². The average molecular weight is 251 g/mol. The highest BCUT2D eigenvalue weighted by Gasteiger charge is 2.27. The molecular formula is C13H18FN3O. The Balaban J connectivity index is 2.20. The molecule has 1 aliphatic heterocycles. The van der Waals surface area contributed by atoms with Crippen molar-refractivity contribution in [3.63, 3.8) is 0 Å². The van der Waals surface area contributed by atoms with E-state index in [1.807, 2.05) is 7.05 Å². The monoisotopic (exact) mass is 251 g/mol. The summed E-state index contributed by atoms with van der Waals surface area (Å²) in [6.45, 7) is 2.01. The van der Waals surface area contributed by atoms with Gasteiger partial charge < -0.3 is 16.0 Å². The fraction of sp³-hybridized carbons (Fsp3) is 0.462. The van der Waals surface area contributed by atoms with Crippen molar-refractivity contribution in [3.05, 3.63) is 29.6 Å². The zero-order valence-corrected chi connectivity index (χ0v) is 10.4. The summed E-state index contributed by atoms with van der Waals surface area (Å²) < 4.78 is 13.2. The van der Waals surface area contributed by atoms with E-state index >= 15 is 0 Å².